The number of phenolic OH excluding ortho intramolecular Hbond substituents is 1. The van der Waals surface area contributed by atoms with Crippen molar-refractivity contribution in [2.45, 2.75) is 20.5 Å². The second-order valence-corrected chi connectivity index (χ2v) is 7.70. The maximum absolute atomic E-state index is 13.2. The fourth-order valence-corrected chi connectivity index (χ4v) is 3.45. The normalized spacial score (nSPS) is 11.8. The Bertz CT molecular complexity index is 1530. The number of oxime groups is 1. The summed E-state index contributed by atoms with van der Waals surface area (Å²) in [5.41, 5.74) is 1.70. The molecule has 0 aliphatic heterocycles. The molecule has 10 heteroatoms. The first kappa shape index (κ1) is 23.3. The summed E-state index contributed by atoms with van der Waals surface area (Å²) in [5.74, 6) is -0.386. The smallest absolute Gasteiger partial charge is 0.311 e. The predicted molar refractivity (Wildman–Crippen MR) is 132 cm³/mol. The molecule has 1 aromatic heterocycles. The number of para-hydroxylation sites is 1. The molecule has 176 valence electrons. The Labute approximate surface area is 199 Å². The number of fused-ring (bicyclic) bond motifs is 1. The van der Waals surface area contributed by atoms with Crippen molar-refractivity contribution in [3.8, 4) is 5.75 Å². The number of aromatic hydroxyl groups is 1. The van der Waals surface area contributed by atoms with Crippen LogP contribution in [0.5, 0.6) is 5.75 Å². The lowest BCUT2D eigenvalue weighted by Gasteiger charge is -2.09. The van der Waals surface area contributed by atoms with Crippen molar-refractivity contribution >= 4 is 28.5 Å². The van der Waals surface area contributed by atoms with Gasteiger partial charge in [0.1, 0.15) is 0 Å². The number of nitrogens with zero attached hydrogens (tertiary/aromatic N) is 5. The Morgan fingerprint density at radius 3 is 2.63 bits per heavy atom. The maximum Gasteiger partial charge on any atom is 0.311 e. The van der Waals surface area contributed by atoms with Gasteiger partial charge in [0.05, 0.1) is 27.8 Å². The van der Waals surface area contributed by atoms with E-state index in [0.29, 0.717) is 22.2 Å². The van der Waals surface area contributed by atoms with Crippen LogP contribution in [0.25, 0.3) is 10.9 Å². The molecule has 35 heavy (non-hydrogen) atoms. The zero-order valence-corrected chi connectivity index (χ0v) is 19.0. The van der Waals surface area contributed by atoms with Crippen LogP contribution in [-0.4, -0.2) is 31.6 Å². The summed E-state index contributed by atoms with van der Waals surface area (Å²) in [7, 11) is 0. The number of rotatable bonds is 7. The molecule has 4 rings (SSSR count). The molecule has 0 amide bonds. The number of aryl methyl sites for hydroxylation is 1. The first-order valence-corrected chi connectivity index (χ1v) is 10.6. The topological polar surface area (TPSA) is 132 Å². The third-order valence-corrected chi connectivity index (χ3v) is 5.18. The minimum atomic E-state index is -0.685. The molecule has 0 saturated heterocycles. The van der Waals surface area contributed by atoms with Crippen molar-refractivity contribution in [2.75, 3.05) is 0 Å². The Kier molecular flexibility index (Phi) is 6.63. The first-order valence-electron chi connectivity index (χ1n) is 10.6. The molecular weight excluding hydrogens is 450 g/mol. The first-order chi connectivity index (χ1) is 16.8. The highest BCUT2D eigenvalue weighted by Gasteiger charge is 2.18. The minimum Gasteiger partial charge on any atom is -0.502 e. The molecule has 0 radical (unpaired) electrons. The van der Waals surface area contributed by atoms with Gasteiger partial charge >= 0.3 is 5.69 Å². The Hall–Kier alpha value is -4.86. The molecule has 10 nitrogen and oxygen atoms in total. The lowest BCUT2D eigenvalue weighted by Crippen LogP contribution is -2.22. The number of aromatic nitrogens is 2. The van der Waals surface area contributed by atoms with Gasteiger partial charge in [-0.2, -0.15) is 9.78 Å². The monoisotopic (exact) mass is 471 g/mol. The summed E-state index contributed by atoms with van der Waals surface area (Å²) in [6.07, 6.45) is 1.18. The SMILES string of the molecule is CC(=NOCc1nc2ccccc2c(=O)n1/N=C/c1cc(C)cc([N+](=O)[O-])c1O)c1ccccc1. The lowest BCUT2D eigenvalue weighted by molar-refractivity contribution is -0.385. The van der Waals surface area contributed by atoms with Crippen LogP contribution in [0.2, 0.25) is 0 Å². The van der Waals surface area contributed by atoms with E-state index < -0.39 is 21.9 Å². The van der Waals surface area contributed by atoms with Crippen molar-refractivity contribution in [3.05, 3.63) is 110 Å². The van der Waals surface area contributed by atoms with Crippen LogP contribution in [-0.2, 0) is 11.4 Å². The number of benzene rings is 3. The third kappa shape index (κ3) is 5.06. The van der Waals surface area contributed by atoms with E-state index in [4.69, 9.17) is 4.84 Å². The van der Waals surface area contributed by atoms with E-state index in [1.807, 2.05) is 30.3 Å². The van der Waals surface area contributed by atoms with Gasteiger partial charge in [-0.3, -0.25) is 14.9 Å². The molecule has 0 unspecified atom stereocenters. The van der Waals surface area contributed by atoms with E-state index in [0.717, 1.165) is 10.2 Å². The van der Waals surface area contributed by atoms with Gasteiger partial charge in [0.15, 0.2) is 12.4 Å². The summed E-state index contributed by atoms with van der Waals surface area (Å²) in [6, 6.07) is 19.0. The molecule has 0 aliphatic carbocycles. The highest BCUT2D eigenvalue weighted by atomic mass is 16.6. The van der Waals surface area contributed by atoms with E-state index in [-0.39, 0.29) is 18.0 Å². The number of phenols is 1. The van der Waals surface area contributed by atoms with Crippen molar-refractivity contribution in [1.29, 1.82) is 0 Å². The van der Waals surface area contributed by atoms with Gasteiger partial charge in [0.2, 0.25) is 5.75 Å². The average Bonchev–Trinajstić information content (AvgIpc) is 2.85. The van der Waals surface area contributed by atoms with E-state index in [1.54, 1.807) is 38.1 Å². The van der Waals surface area contributed by atoms with Gasteiger partial charge in [-0.25, -0.2) is 4.98 Å². The van der Waals surface area contributed by atoms with Crippen LogP contribution in [0.15, 0.2) is 81.8 Å². The maximum atomic E-state index is 13.2. The number of hydrogen-bond acceptors (Lipinski definition) is 8. The second kappa shape index (κ2) is 9.96. The Morgan fingerprint density at radius 2 is 1.89 bits per heavy atom. The zero-order valence-electron chi connectivity index (χ0n) is 19.0. The van der Waals surface area contributed by atoms with Crippen LogP contribution in [0.4, 0.5) is 5.69 Å². The standard InChI is InChI=1S/C25H21N5O5/c1-16-12-19(24(31)22(13-16)30(33)34)14-26-29-23(27-21-11-7-6-10-20(21)25(29)32)15-35-28-17(2)18-8-4-3-5-9-18/h3-14,31H,15H2,1-2H3/b26-14+,28-17?. The van der Waals surface area contributed by atoms with Crippen LogP contribution in [0.1, 0.15) is 29.4 Å². The lowest BCUT2D eigenvalue weighted by atomic mass is 10.1. The molecule has 4 aromatic rings. The molecule has 0 aliphatic rings. The van der Waals surface area contributed by atoms with E-state index in [9.17, 15) is 20.0 Å². The van der Waals surface area contributed by atoms with Crippen molar-refractivity contribution in [3.63, 3.8) is 0 Å². The van der Waals surface area contributed by atoms with Crippen LogP contribution in [0, 0.1) is 17.0 Å². The van der Waals surface area contributed by atoms with Crippen LogP contribution < -0.4 is 5.56 Å². The van der Waals surface area contributed by atoms with Crippen molar-refractivity contribution < 1.29 is 14.9 Å². The molecule has 0 bridgehead atoms. The van der Waals surface area contributed by atoms with Gasteiger partial charge in [-0.05, 0) is 43.2 Å². The van der Waals surface area contributed by atoms with Gasteiger partial charge < -0.3 is 9.94 Å². The quantitative estimate of drug-likeness (QED) is 0.245. The number of nitro groups is 1. The second-order valence-electron chi connectivity index (χ2n) is 7.70. The molecule has 1 heterocycles. The van der Waals surface area contributed by atoms with Gasteiger partial charge in [0.25, 0.3) is 5.56 Å². The molecule has 0 atom stereocenters. The van der Waals surface area contributed by atoms with E-state index in [2.05, 4.69) is 15.2 Å². The van der Waals surface area contributed by atoms with Crippen molar-refractivity contribution in [2.24, 2.45) is 10.3 Å². The summed E-state index contributed by atoms with van der Waals surface area (Å²) < 4.78 is 1.03. The summed E-state index contributed by atoms with van der Waals surface area (Å²) in [4.78, 5) is 33.7. The van der Waals surface area contributed by atoms with Gasteiger partial charge in [0, 0.05) is 11.6 Å². The molecule has 0 saturated carbocycles. The van der Waals surface area contributed by atoms with Gasteiger partial charge in [-0.15, -0.1) is 0 Å². The molecule has 0 spiro atoms. The number of nitro benzene ring substituents is 1. The highest BCUT2D eigenvalue weighted by molar-refractivity contribution is 5.98. The van der Waals surface area contributed by atoms with Crippen molar-refractivity contribution in [1.82, 2.24) is 9.66 Å². The van der Waals surface area contributed by atoms with Crippen LogP contribution >= 0.6 is 0 Å². The van der Waals surface area contributed by atoms with Gasteiger partial charge in [-0.1, -0.05) is 47.6 Å². The summed E-state index contributed by atoms with van der Waals surface area (Å²) >= 11 is 0. The summed E-state index contributed by atoms with van der Waals surface area (Å²) in [6.45, 7) is 3.28. The van der Waals surface area contributed by atoms with E-state index in [1.165, 1.54) is 18.3 Å². The Morgan fingerprint density at radius 1 is 1.17 bits per heavy atom. The number of hydrogen-bond donors (Lipinski definition) is 1. The summed E-state index contributed by atoms with van der Waals surface area (Å²) in [5, 5.41) is 30.2. The molecule has 0 fully saturated rings. The third-order valence-electron chi connectivity index (χ3n) is 5.18. The largest absolute Gasteiger partial charge is 0.502 e. The molecule has 3 aromatic carbocycles. The van der Waals surface area contributed by atoms with Crippen LogP contribution in [0.3, 0.4) is 0 Å². The molecule has 1 N–H and O–H groups in total. The Balaban J connectivity index is 1.73. The molecular formula is C25H21N5O5. The highest BCUT2D eigenvalue weighted by Crippen LogP contribution is 2.30. The average molecular weight is 471 g/mol. The fraction of sp³-hybridized carbons (Fsp3) is 0.120. The van der Waals surface area contributed by atoms with E-state index >= 15 is 0 Å². The predicted octanol–water partition coefficient (Wildman–Crippen LogP) is 4.14. The minimum absolute atomic E-state index is 0.0848. The fourth-order valence-electron chi connectivity index (χ4n) is 3.45. The zero-order chi connectivity index (χ0) is 24.9.